The van der Waals surface area contributed by atoms with E-state index in [1.54, 1.807) is 6.20 Å². The number of aromatic nitrogens is 1. The first-order valence-electron chi connectivity index (χ1n) is 15.0. The van der Waals surface area contributed by atoms with Gasteiger partial charge in [0.1, 0.15) is 5.82 Å². The van der Waals surface area contributed by atoms with Crippen molar-refractivity contribution in [3.05, 3.63) is 23.9 Å². The van der Waals surface area contributed by atoms with E-state index in [2.05, 4.69) is 43.0 Å². The molecule has 0 aromatic carbocycles. The van der Waals surface area contributed by atoms with Crippen LogP contribution in [0, 0.1) is 0 Å². The summed E-state index contributed by atoms with van der Waals surface area (Å²) in [6.07, 6.45) is 23.2. The molecule has 1 fully saturated rings. The van der Waals surface area contributed by atoms with Crippen molar-refractivity contribution in [3.63, 3.8) is 0 Å². The average molecular weight is 566 g/mol. The maximum Gasteiger partial charge on any atom is 0.252 e. The summed E-state index contributed by atoms with van der Waals surface area (Å²) in [7, 11) is 0. The standard InChI is InChI=1S/C30H53BrN4O/c1-2-22-34-23-25-35(26-24-34)29-19-18-28(27-33-29)30(36)32-21-17-15-13-11-9-7-5-3-4-6-8-10-12-14-16-20-31/h18-19,27H,2-17,20-26H2,1H3,(H,32,36). The van der Waals surface area contributed by atoms with Crippen LogP contribution in [0.15, 0.2) is 18.3 Å². The zero-order valence-electron chi connectivity index (χ0n) is 23.1. The van der Waals surface area contributed by atoms with Crippen molar-refractivity contribution in [2.45, 2.75) is 110 Å². The third kappa shape index (κ3) is 14.0. The lowest BCUT2D eigenvalue weighted by atomic mass is 10.0. The molecule has 6 heteroatoms. The average Bonchev–Trinajstić information content (AvgIpc) is 2.91. The lowest BCUT2D eigenvalue weighted by Crippen LogP contribution is -2.46. The topological polar surface area (TPSA) is 48.5 Å². The highest BCUT2D eigenvalue weighted by molar-refractivity contribution is 9.09. The second kappa shape index (κ2) is 20.9. The zero-order valence-corrected chi connectivity index (χ0v) is 24.7. The lowest BCUT2D eigenvalue weighted by molar-refractivity contribution is 0.0952. The van der Waals surface area contributed by atoms with Crippen LogP contribution in [0.25, 0.3) is 0 Å². The number of nitrogens with one attached hydrogen (secondary N) is 1. The van der Waals surface area contributed by atoms with E-state index in [1.165, 1.54) is 103 Å². The van der Waals surface area contributed by atoms with Crippen LogP contribution in [0.3, 0.4) is 0 Å². The van der Waals surface area contributed by atoms with Crippen molar-refractivity contribution in [2.75, 3.05) is 49.5 Å². The molecule has 0 unspecified atom stereocenters. The Morgan fingerprint density at radius 2 is 1.33 bits per heavy atom. The summed E-state index contributed by atoms with van der Waals surface area (Å²) in [6, 6.07) is 3.92. The summed E-state index contributed by atoms with van der Waals surface area (Å²) < 4.78 is 0. The molecule has 0 saturated carbocycles. The molecule has 0 aliphatic carbocycles. The summed E-state index contributed by atoms with van der Waals surface area (Å²) in [5, 5.41) is 4.23. The van der Waals surface area contributed by atoms with Gasteiger partial charge in [-0.05, 0) is 37.9 Å². The Hall–Kier alpha value is -1.14. The van der Waals surface area contributed by atoms with E-state index in [-0.39, 0.29) is 5.91 Å². The molecule has 0 spiro atoms. The van der Waals surface area contributed by atoms with Crippen molar-refractivity contribution in [3.8, 4) is 0 Å². The molecule has 0 atom stereocenters. The minimum atomic E-state index is 0.000694. The van der Waals surface area contributed by atoms with Crippen LogP contribution in [0.1, 0.15) is 120 Å². The van der Waals surface area contributed by atoms with Gasteiger partial charge in [0.05, 0.1) is 5.56 Å². The molecule has 1 aromatic rings. The fourth-order valence-corrected chi connectivity index (χ4v) is 5.44. The third-order valence-corrected chi connectivity index (χ3v) is 7.90. The van der Waals surface area contributed by atoms with Gasteiger partial charge < -0.3 is 10.2 Å². The maximum absolute atomic E-state index is 12.4. The Bertz CT molecular complexity index is 661. The quantitative estimate of drug-likeness (QED) is 0.123. The number of piperazine rings is 1. The largest absolute Gasteiger partial charge is 0.354 e. The fourth-order valence-electron chi connectivity index (χ4n) is 5.05. The van der Waals surface area contributed by atoms with Crippen LogP contribution >= 0.6 is 15.9 Å². The molecular formula is C30H53BrN4O. The highest BCUT2D eigenvalue weighted by Crippen LogP contribution is 2.15. The van der Waals surface area contributed by atoms with E-state index in [0.717, 1.165) is 50.3 Å². The number of hydrogen-bond donors (Lipinski definition) is 1. The van der Waals surface area contributed by atoms with Gasteiger partial charge in [-0.15, -0.1) is 0 Å². The molecule has 1 amide bonds. The number of hydrogen-bond acceptors (Lipinski definition) is 4. The predicted molar refractivity (Wildman–Crippen MR) is 159 cm³/mol. The molecule has 2 rings (SSSR count). The van der Waals surface area contributed by atoms with E-state index >= 15 is 0 Å². The van der Waals surface area contributed by atoms with Gasteiger partial charge in [-0.1, -0.05) is 106 Å². The van der Waals surface area contributed by atoms with Crippen LogP contribution in [0.4, 0.5) is 5.82 Å². The number of alkyl halides is 1. The van der Waals surface area contributed by atoms with Crippen LogP contribution in [-0.4, -0.2) is 60.4 Å². The van der Waals surface area contributed by atoms with Gasteiger partial charge in [-0.2, -0.15) is 0 Å². The van der Waals surface area contributed by atoms with Gasteiger partial charge in [0, 0.05) is 44.3 Å². The first kappa shape index (κ1) is 31.1. The molecule has 1 N–H and O–H groups in total. The molecule has 1 aromatic heterocycles. The summed E-state index contributed by atoms with van der Waals surface area (Å²) in [5.74, 6) is 0.986. The lowest BCUT2D eigenvalue weighted by Gasteiger charge is -2.35. The third-order valence-electron chi connectivity index (χ3n) is 7.34. The number of rotatable bonds is 21. The molecule has 206 valence electrons. The molecule has 1 aliphatic heterocycles. The maximum atomic E-state index is 12.4. The first-order valence-corrected chi connectivity index (χ1v) is 16.1. The van der Waals surface area contributed by atoms with E-state index < -0.39 is 0 Å². The summed E-state index contributed by atoms with van der Waals surface area (Å²) in [6.45, 7) is 8.38. The normalized spacial score (nSPS) is 14.3. The Kier molecular flexibility index (Phi) is 18.0. The van der Waals surface area contributed by atoms with Crippen LogP contribution in [0.2, 0.25) is 0 Å². The molecule has 1 saturated heterocycles. The Balaban J connectivity index is 1.40. The fraction of sp³-hybridized carbons (Fsp3) is 0.800. The number of unbranched alkanes of at least 4 members (excludes halogenated alkanes) is 14. The van der Waals surface area contributed by atoms with Gasteiger partial charge in [-0.25, -0.2) is 4.98 Å². The van der Waals surface area contributed by atoms with Gasteiger partial charge in [0.25, 0.3) is 5.91 Å². The first-order chi connectivity index (χ1) is 17.7. The number of halogens is 1. The van der Waals surface area contributed by atoms with Crippen LogP contribution < -0.4 is 10.2 Å². The van der Waals surface area contributed by atoms with Gasteiger partial charge >= 0.3 is 0 Å². The number of carbonyl (C=O) groups excluding carboxylic acids is 1. The second-order valence-electron chi connectivity index (χ2n) is 10.5. The minimum absolute atomic E-state index is 0.000694. The smallest absolute Gasteiger partial charge is 0.252 e. The number of anilines is 1. The monoisotopic (exact) mass is 564 g/mol. The number of pyridine rings is 1. The molecule has 5 nitrogen and oxygen atoms in total. The molecule has 0 radical (unpaired) electrons. The van der Waals surface area contributed by atoms with Crippen LogP contribution in [0.5, 0.6) is 0 Å². The number of nitrogens with zero attached hydrogens (tertiary/aromatic N) is 3. The SMILES string of the molecule is CCCN1CCN(c2ccc(C(=O)NCCCCCCCCCCCCCCCCCBr)cn2)CC1. The minimum Gasteiger partial charge on any atom is -0.354 e. The van der Waals surface area contributed by atoms with Crippen molar-refractivity contribution < 1.29 is 4.79 Å². The highest BCUT2D eigenvalue weighted by atomic mass is 79.9. The number of amides is 1. The van der Waals surface area contributed by atoms with E-state index in [4.69, 9.17) is 0 Å². The Morgan fingerprint density at radius 1 is 0.806 bits per heavy atom. The van der Waals surface area contributed by atoms with E-state index in [1.807, 2.05) is 12.1 Å². The number of carbonyl (C=O) groups is 1. The Labute approximate surface area is 230 Å². The molecule has 2 heterocycles. The van der Waals surface area contributed by atoms with Crippen molar-refractivity contribution in [1.29, 1.82) is 0 Å². The van der Waals surface area contributed by atoms with Gasteiger partial charge in [-0.3, -0.25) is 9.69 Å². The molecule has 36 heavy (non-hydrogen) atoms. The Morgan fingerprint density at radius 3 is 1.81 bits per heavy atom. The van der Waals surface area contributed by atoms with Crippen molar-refractivity contribution in [2.24, 2.45) is 0 Å². The van der Waals surface area contributed by atoms with Gasteiger partial charge in [0.15, 0.2) is 0 Å². The second-order valence-corrected chi connectivity index (χ2v) is 11.3. The van der Waals surface area contributed by atoms with Crippen LogP contribution in [-0.2, 0) is 0 Å². The van der Waals surface area contributed by atoms with Gasteiger partial charge in [0.2, 0.25) is 0 Å². The molecule has 0 bridgehead atoms. The molecule has 1 aliphatic rings. The summed E-state index contributed by atoms with van der Waals surface area (Å²) in [5.41, 5.74) is 0.665. The predicted octanol–water partition coefficient (Wildman–Crippen LogP) is 7.59. The van der Waals surface area contributed by atoms with E-state index in [0.29, 0.717) is 5.56 Å². The zero-order chi connectivity index (χ0) is 25.7. The summed E-state index contributed by atoms with van der Waals surface area (Å²) in [4.78, 5) is 21.8. The van der Waals surface area contributed by atoms with Crippen molar-refractivity contribution >= 4 is 27.7 Å². The van der Waals surface area contributed by atoms with Crippen molar-refractivity contribution in [1.82, 2.24) is 15.2 Å². The highest BCUT2D eigenvalue weighted by Gasteiger charge is 2.17. The van der Waals surface area contributed by atoms with E-state index in [9.17, 15) is 4.79 Å². The summed E-state index contributed by atoms with van der Waals surface area (Å²) >= 11 is 3.50. The molecular weight excluding hydrogens is 512 g/mol.